The van der Waals surface area contributed by atoms with Gasteiger partial charge in [-0.2, -0.15) is 5.26 Å². The van der Waals surface area contributed by atoms with Gasteiger partial charge >= 0.3 is 0 Å². The summed E-state index contributed by atoms with van der Waals surface area (Å²) >= 11 is 1.82. The zero-order chi connectivity index (χ0) is 15.8. The number of nitriles is 1. The summed E-state index contributed by atoms with van der Waals surface area (Å²) in [6.45, 7) is 2.60. The monoisotopic (exact) mass is 323 g/mol. The molecule has 1 saturated heterocycles. The molecule has 2 aliphatic heterocycles. The molecule has 4 nitrogen and oxygen atoms in total. The zero-order valence-electron chi connectivity index (χ0n) is 12.7. The maximum Gasteiger partial charge on any atom is 0.244 e. The van der Waals surface area contributed by atoms with E-state index in [-0.39, 0.29) is 11.9 Å². The van der Waals surface area contributed by atoms with E-state index in [1.807, 2.05) is 28.4 Å². The van der Waals surface area contributed by atoms with Gasteiger partial charge in [-0.1, -0.05) is 0 Å². The molecule has 1 amide bonds. The van der Waals surface area contributed by atoms with Crippen LogP contribution in [0.15, 0.2) is 35.7 Å². The van der Waals surface area contributed by atoms with Crippen molar-refractivity contribution in [1.82, 2.24) is 4.90 Å². The number of thiophene rings is 1. The molecule has 0 radical (unpaired) electrons. The van der Waals surface area contributed by atoms with Gasteiger partial charge in [0.25, 0.3) is 0 Å². The largest absolute Gasteiger partial charge is 0.311 e. The summed E-state index contributed by atoms with van der Waals surface area (Å²) in [5, 5.41) is 11.0. The molecule has 0 unspecified atom stereocenters. The van der Waals surface area contributed by atoms with E-state index >= 15 is 0 Å². The van der Waals surface area contributed by atoms with E-state index in [0.29, 0.717) is 5.56 Å². The van der Waals surface area contributed by atoms with Crippen molar-refractivity contribution in [3.8, 4) is 6.07 Å². The van der Waals surface area contributed by atoms with Crippen molar-refractivity contribution in [3.05, 3.63) is 51.7 Å². The number of nitrogens with zero attached hydrogens (tertiary/aromatic N) is 3. The molecule has 4 rings (SSSR count). The van der Waals surface area contributed by atoms with Gasteiger partial charge in [-0.15, -0.1) is 11.3 Å². The van der Waals surface area contributed by atoms with Gasteiger partial charge in [-0.25, -0.2) is 0 Å². The van der Waals surface area contributed by atoms with Gasteiger partial charge in [-0.05, 0) is 54.1 Å². The van der Waals surface area contributed by atoms with Gasteiger partial charge in [0.15, 0.2) is 0 Å². The minimum atomic E-state index is -0.0151. The predicted octanol–water partition coefficient (Wildman–Crippen LogP) is 2.78. The molecule has 116 valence electrons. The molecule has 1 atom stereocenters. The fourth-order valence-electron chi connectivity index (χ4n) is 3.51. The second-order valence-corrected chi connectivity index (χ2v) is 7.04. The van der Waals surface area contributed by atoms with Crippen LogP contribution in [-0.2, 0) is 17.8 Å². The Balaban J connectivity index is 1.50. The van der Waals surface area contributed by atoms with Crippen molar-refractivity contribution in [2.75, 3.05) is 18.0 Å². The van der Waals surface area contributed by atoms with E-state index in [4.69, 9.17) is 5.26 Å². The summed E-state index contributed by atoms with van der Waals surface area (Å²) in [6.07, 6.45) is 1.92. The lowest BCUT2D eigenvalue weighted by atomic mass is 10.1. The number of carbonyl (C=O) groups is 1. The lowest BCUT2D eigenvalue weighted by molar-refractivity contribution is -0.121. The summed E-state index contributed by atoms with van der Waals surface area (Å²) in [4.78, 5) is 18.5. The van der Waals surface area contributed by atoms with Gasteiger partial charge in [-0.3, -0.25) is 9.69 Å². The number of fused-ring (bicyclic) bond motifs is 1. The Morgan fingerprint density at radius 2 is 2.00 bits per heavy atom. The Morgan fingerprint density at radius 3 is 2.78 bits per heavy atom. The fourth-order valence-corrected chi connectivity index (χ4v) is 4.40. The molecule has 0 saturated carbocycles. The fraction of sp³-hybridized carbons (Fsp3) is 0.333. The van der Waals surface area contributed by atoms with Crippen LogP contribution in [0, 0.1) is 11.3 Å². The summed E-state index contributed by atoms with van der Waals surface area (Å²) in [5.74, 6) is 0.188. The normalized spacial score (nSPS) is 21.3. The van der Waals surface area contributed by atoms with Gasteiger partial charge in [0.2, 0.25) is 5.91 Å². The maximum atomic E-state index is 12.8. The number of carbonyl (C=O) groups excluding carboxylic acids is 1. The number of rotatable bonds is 2. The molecule has 3 heterocycles. The second-order valence-electron chi connectivity index (χ2n) is 6.04. The molecular weight excluding hydrogens is 306 g/mol. The topological polar surface area (TPSA) is 47.3 Å². The Bertz CT molecular complexity index is 774. The average molecular weight is 323 g/mol. The van der Waals surface area contributed by atoms with Crippen LogP contribution < -0.4 is 4.90 Å². The second kappa shape index (κ2) is 5.80. The number of benzene rings is 1. The first-order valence-electron chi connectivity index (χ1n) is 7.87. The lowest BCUT2D eigenvalue weighted by Crippen LogP contribution is -2.44. The van der Waals surface area contributed by atoms with Crippen LogP contribution in [0.4, 0.5) is 5.69 Å². The maximum absolute atomic E-state index is 12.8. The highest BCUT2D eigenvalue weighted by Crippen LogP contribution is 2.30. The van der Waals surface area contributed by atoms with Crippen molar-refractivity contribution in [2.24, 2.45) is 0 Å². The molecule has 1 fully saturated rings. The van der Waals surface area contributed by atoms with Gasteiger partial charge in [0.1, 0.15) is 0 Å². The first-order chi connectivity index (χ1) is 11.3. The molecule has 0 spiro atoms. The van der Waals surface area contributed by atoms with Crippen LogP contribution in [0.1, 0.15) is 22.4 Å². The summed E-state index contributed by atoms with van der Waals surface area (Å²) in [5.41, 5.74) is 2.90. The van der Waals surface area contributed by atoms with Crippen molar-refractivity contribution < 1.29 is 4.79 Å². The van der Waals surface area contributed by atoms with Crippen molar-refractivity contribution >= 4 is 22.9 Å². The van der Waals surface area contributed by atoms with Crippen LogP contribution in [0.25, 0.3) is 0 Å². The van der Waals surface area contributed by atoms with E-state index in [1.54, 1.807) is 12.1 Å². The molecule has 0 N–H and O–H groups in total. The average Bonchev–Trinajstić information content (AvgIpc) is 3.20. The summed E-state index contributed by atoms with van der Waals surface area (Å²) < 4.78 is 0. The van der Waals surface area contributed by atoms with Crippen LogP contribution in [0.5, 0.6) is 0 Å². The quantitative estimate of drug-likeness (QED) is 0.854. The predicted molar refractivity (Wildman–Crippen MR) is 90.3 cm³/mol. The number of hydrogen-bond donors (Lipinski definition) is 0. The molecule has 0 aliphatic carbocycles. The Morgan fingerprint density at radius 1 is 1.17 bits per heavy atom. The Kier molecular flexibility index (Phi) is 3.64. The highest BCUT2D eigenvalue weighted by molar-refractivity contribution is 7.10. The molecular formula is C18H17N3OS. The molecule has 23 heavy (non-hydrogen) atoms. The van der Waals surface area contributed by atoms with Gasteiger partial charge in [0.05, 0.1) is 17.7 Å². The van der Waals surface area contributed by atoms with Crippen molar-refractivity contribution in [2.45, 2.75) is 25.4 Å². The van der Waals surface area contributed by atoms with E-state index in [2.05, 4.69) is 22.4 Å². The van der Waals surface area contributed by atoms with E-state index in [0.717, 1.165) is 38.2 Å². The third-order valence-corrected chi connectivity index (χ3v) is 5.79. The third-order valence-electron chi connectivity index (χ3n) is 4.76. The number of hydrogen-bond acceptors (Lipinski definition) is 4. The van der Waals surface area contributed by atoms with Crippen LogP contribution in [0.3, 0.4) is 0 Å². The Hall–Kier alpha value is -2.16. The molecule has 1 aromatic heterocycles. The molecule has 2 aromatic rings. The number of anilines is 1. The minimum Gasteiger partial charge on any atom is -0.311 e. The molecule has 5 heteroatoms. The SMILES string of the molecule is N#Cc1ccc(N2CC[C@@H](N3CCc4sccc4C3)C2=O)cc1. The number of amides is 1. The van der Waals surface area contributed by atoms with E-state index < -0.39 is 0 Å². The van der Waals surface area contributed by atoms with Crippen LogP contribution in [-0.4, -0.2) is 29.9 Å². The molecule has 2 aliphatic rings. The summed E-state index contributed by atoms with van der Waals surface area (Å²) in [7, 11) is 0. The van der Waals surface area contributed by atoms with Crippen LogP contribution in [0.2, 0.25) is 0 Å². The summed E-state index contributed by atoms with van der Waals surface area (Å²) in [6, 6.07) is 11.6. The first kappa shape index (κ1) is 14.4. The van der Waals surface area contributed by atoms with Crippen LogP contribution >= 0.6 is 11.3 Å². The van der Waals surface area contributed by atoms with E-state index in [1.165, 1.54) is 10.4 Å². The van der Waals surface area contributed by atoms with Crippen molar-refractivity contribution in [3.63, 3.8) is 0 Å². The smallest absolute Gasteiger partial charge is 0.244 e. The minimum absolute atomic E-state index is 0.0151. The third kappa shape index (κ3) is 2.54. The van der Waals surface area contributed by atoms with Crippen molar-refractivity contribution in [1.29, 1.82) is 5.26 Å². The standard InChI is InChI=1S/C18H17N3OS/c19-11-13-1-3-15(4-2-13)21-9-5-16(18(21)22)20-8-6-17-14(12-20)7-10-23-17/h1-4,7,10,16H,5-6,8-9,12H2/t16-/m1/s1. The molecule has 0 bridgehead atoms. The molecule has 1 aromatic carbocycles. The highest BCUT2D eigenvalue weighted by Gasteiger charge is 2.37. The highest BCUT2D eigenvalue weighted by atomic mass is 32.1. The lowest BCUT2D eigenvalue weighted by Gasteiger charge is -2.31. The van der Waals surface area contributed by atoms with E-state index in [9.17, 15) is 4.79 Å². The van der Waals surface area contributed by atoms with Gasteiger partial charge < -0.3 is 4.90 Å². The Labute approximate surface area is 139 Å². The first-order valence-corrected chi connectivity index (χ1v) is 8.75. The van der Waals surface area contributed by atoms with Gasteiger partial charge in [0, 0.05) is 30.2 Å². The zero-order valence-corrected chi connectivity index (χ0v) is 13.6.